The second-order valence-corrected chi connectivity index (χ2v) is 5.78. The number of nitrogens with zero attached hydrogens (tertiary/aromatic N) is 2. The summed E-state index contributed by atoms with van der Waals surface area (Å²) >= 11 is 0. The van der Waals surface area contributed by atoms with Crippen LogP contribution in [0.4, 0.5) is 0 Å². The van der Waals surface area contributed by atoms with E-state index < -0.39 is 10.2 Å². The highest BCUT2D eigenvalue weighted by Gasteiger charge is 2.34. The van der Waals surface area contributed by atoms with E-state index >= 15 is 0 Å². The molecule has 0 aromatic heterocycles. The number of ether oxygens (including phenoxy) is 1. The maximum atomic E-state index is 11.8. The van der Waals surface area contributed by atoms with E-state index in [4.69, 9.17) is 10.5 Å². The van der Waals surface area contributed by atoms with Crippen LogP contribution in [0.5, 0.6) is 0 Å². The van der Waals surface area contributed by atoms with Crippen molar-refractivity contribution in [2.24, 2.45) is 11.7 Å². The minimum Gasteiger partial charge on any atom is -0.383 e. The van der Waals surface area contributed by atoms with Crippen molar-refractivity contribution in [3.8, 4) is 0 Å². The number of hydrogen-bond donors (Lipinski definition) is 1. The van der Waals surface area contributed by atoms with Gasteiger partial charge in [-0.15, -0.1) is 0 Å². The molecule has 1 unspecified atom stereocenters. The lowest BCUT2D eigenvalue weighted by Crippen LogP contribution is -2.54. The molecule has 1 rings (SSSR count). The molecule has 0 aromatic carbocycles. The Balaban J connectivity index is 2.71. The smallest absolute Gasteiger partial charge is 0.281 e. The summed E-state index contributed by atoms with van der Waals surface area (Å²) in [6.07, 6.45) is 0. The van der Waals surface area contributed by atoms with E-state index in [9.17, 15) is 8.42 Å². The average molecular weight is 237 g/mol. The Morgan fingerprint density at radius 1 is 1.47 bits per heavy atom. The molecule has 7 heteroatoms. The quantitative estimate of drug-likeness (QED) is 0.659. The summed E-state index contributed by atoms with van der Waals surface area (Å²) in [5, 5.41) is 0. The number of nitrogens with two attached hydrogens (primary N) is 1. The van der Waals surface area contributed by atoms with Crippen molar-refractivity contribution in [2.45, 2.75) is 0 Å². The average Bonchev–Trinajstić information content (AvgIpc) is 2.20. The minimum atomic E-state index is -3.29. The topological polar surface area (TPSA) is 75.9 Å². The maximum Gasteiger partial charge on any atom is 0.281 e. The fraction of sp³-hybridized carbons (Fsp3) is 1.00. The molecule has 1 saturated heterocycles. The van der Waals surface area contributed by atoms with E-state index in [1.165, 1.54) is 8.61 Å². The summed E-state index contributed by atoms with van der Waals surface area (Å²) in [4.78, 5) is 0. The zero-order valence-electron chi connectivity index (χ0n) is 9.22. The highest BCUT2D eigenvalue weighted by molar-refractivity contribution is 7.86. The normalized spacial score (nSPS) is 28.1. The van der Waals surface area contributed by atoms with Gasteiger partial charge in [0.1, 0.15) is 0 Å². The molecule has 1 fully saturated rings. The van der Waals surface area contributed by atoms with Crippen molar-refractivity contribution in [1.82, 2.24) is 8.61 Å². The van der Waals surface area contributed by atoms with Crippen LogP contribution in [0, 0.1) is 5.92 Å². The monoisotopic (exact) mass is 237 g/mol. The van der Waals surface area contributed by atoms with Crippen LogP contribution in [-0.2, 0) is 14.9 Å². The first-order valence-electron chi connectivity index (χ1n) is 4.92. The van der Waals surface area contributed by atoms with Gasteiger partial charge in [0.25, 0.3) is 10.2 Å². The maximum absolute atomic E-state index is 11.8. The van der Waals surface area contributed by atoms with E-state index in [1.54, 1.807) is 14.2 Å². The van der Waals surface area contributed by atoms with Crippen LogP contribution in [-0.4, -0.2) is 64.0 Å². The summed E-state index contributed by atoms with van der Waals surface area (Å²) in [6.45, 7) is 2.29. The molecule has 0 amide bonds. The Bertz CT molecular complexity index is 294. The molecule has 1 heterocycles. The van der Waals surface area contributed by atoms with E-state index in [2.05, 4.69) is 0 Å². The molecule has 0 radical (unpaired) electrons. The lowest BCUT2D eigenvalue weighted by molar-refractivity contribution is 0.159. The van der Waals surface area contributed by atoms with Gasteiger partial charge in [-0.05, 0) is 12.5 Å². The van der Waals surface area contributed by atoms with E-state index in [0.717, 1.165) is 0 Å². The molecule has 2 N–H and O–H groups in total. The minimum absolute atomic E-state index is 0.204. The highest BCUT2D eigenvalue weighted by atomic mass is 32.2. The Hall–Kier alpha value is -0.210. The van der Waals surface area contributed by atoms with Crippen molar-refractivity contribution in [3.63, 3.8) is 0 Å². The standard InChI is InChI=1S/C8H19N3O3S/c1-10-6-8(5-9)7-11(3-4-14-2)15(10,12)13/h8H,3-7,9H2,1-2H3. The summed E-state index contributed by atoms with van der Waals surface area (Å²) in [6, 6.07) is 0. The van der Waals surface area contributed by atoms with Crippen LogP contribution >= 0.6 is 0 Å². The van der Waals surface area contributed by atoms with Gasteiger partial charge in [0.05, 0.1) is 6.61 Å². The first kappa shape index (κ1) is 12.9. The Morgan fingerprint density at radius 3 is 2.67 bits per heavy atom. The Kier molecular flexibility index (Phi) is 4.47. The summed E-state index contributed by atoms with van der Waals surface area (Å²) in [5.41, 5.74) is 5.57. The van der Waals surface area contributed by atoms with Gasteiger partial charge in [-0.1, -0.05) is 0 Å². The van der Waals surface area contributed by atoms with E-state index in [1.807, 2.05) is 0 Å². The predicted octanol–water partition coefficient (Wildman–Crippen LogP) is -1.30. The molecule has 1 aliphatic heterocycles. The third-order valence-corrected chi connectivity index (χ3v) is 4.50. The van der Waals surface area contributed by atoms with Gasteiger partial charge in [-0.2, -0.15) is 17.0 Å². The first-order chi connectivity index (χ1) is 7.02. The largest absolute Gasteiger partial charge is 0.383 e. The van der Waals surface area contributed by atoms with Crippen LogP contribution in [0.1, 0.15) is 0 Å². The first-order valence-corrected chi connectivity index (χ1v) is 6.32. The van der Waals surface area contributed by atoms with Crippen LogP contribution < -0.4 is 5.73 Å². The molecule has 0 aromatic rings. The third kappa shape index (κ3) is 2.88. The molecule has 1 atom stereocenters. The van der Waals surface area contributed by atoms with Crippen molar-refractivity contribution < 1.29 is 13.2 Å². The molecule has 90 valence electrons. The molecular formula is C8H19N3O3S. The van der Waals surface area contributed by atoms with Crippen molar-refractivity contribution in [2.75, 3.05) is 46.9 Å². The zero-order chi connectivity index (χ0) is 11.5. The van der Waals surface area contributed by atoms with Gasteiger partial charge < -0.3 is 10.5 Å². The number of hydrogen-bond acceptors (Lipinski definition) is 4. The van der Waals surface area contributed by atoms with Gasteiger partial charge in [-0.3, -0.25) is 0 Å². The third-order valence-electron chi connectivity index (χ3n) is 2.58. The van der Waals surface area contributed by atoms with E-state index in [0.29, 0.717) is 32.8 Å². The Labute approximate surface area is 91.2 Å². The molecule has 0 saturated carbocycles. The lowest BCUT2D eigenvalue weighted by atomic mass is 10.1. The molecule has 0 spiro atoms. The summed E-state index contributed by atoms with van der Waals surface area (Å²) < 4.78 is 31.3. The van der Waals surface area contributed by atoms with Crippen molar-refractivity contribution in [3.05, 3.63) is 0 Å². The van der Waals surface area contributed by atoms with Crippen molar-refractivity contribution in [1.29, 1.82) is 0 Å². The summed E-state index contributed by atoms with van der Waals surface area (Å²) in [5.74, 6) is 0.204. The molecular weight excluding hydrogens is 218 g/mol. The lowest BCUT2D eigenvalue weighted by Gasteiger charge is -2.36. The van der Waals surface area contributed by atoms with Gasteiger partial charge in [0.2, 0.25) is 0 Å². The fourth-order valence-electron chi connectivity index (χ4n) is 1.64. The molecule has 0 aliphatic carbocycles. The van der Waals surface area contributed by atoms with E-state index in [-0.39, 0.29) is 5.92 Å². The SMILES string of the molecule is COCCN1CC(CN)CN(C)S1(=O)=O. The number of rotatable bonds is 4. The van der Waals surface area contributed by atoms with Crippen LogP contribution in [0.2, 0.25) is 0 Å². The van der Waals surface area contributed by atoms with Gasteiger partial charge in [-0.25, -0.2) is 0 Å². The van der Waals surface area contributed by atoms with Crippen LogP contribution in [0.25, 0.3) is 0 Å². The fourth-order valence-corrected chi connectivity index (χ4v) is 3.14. The second-order valence-electron chi connectivity index (χ2n) is 3.74. The second kappa shape index (κ2) is 5.22. The number of methoxy groups -OCH3 is 1. The molecule has 6 nitrogen and oxygen atoms in total. The zero-order valence-corrected chi connectivity index (χ0v) is 10.0. The molecule has 1 aliphatic rings. The van der Waals surface area contributed by atoms with Crippen molar-refractivity contribution >= 4 is 10.2 Å². The van der Waals surface area contributed by atoms with Gasteiger partial charge in [0.15, 0.2) is 0 Å². The molecule has 0 bridgehead atoms. The van der Waals surface area contributed by atoms with Gasteiger partial charge in [0, 0.05) is 33.8 Å². The van der Waals surface area contributed by atoms with Crippen LogP contribution in [0.15, 0.2) is 0 Å². The summed E-state index contributed by atoms with van der Waals surface area (Å²) in [7, 11) is -0.150. The Morgan fingerprint density at radius 2 is 2.13 bits per heavy atom. The van der Waals surface area contributed by atoms with Crippen LogP contribution in [0.3, 0.4) is 0 Å². The predicted molar refractivity (Wildman–Crippen MR) is 57.5 cm³/mol. The van der Waals surface area contributed by atoms with Gasteiger partial charge >= 0.3 is 0 Å². The highest BCUT2D eigenvalue weighted by Crippen LogP contribution is 2.17. The molecule has 15 heavy (non-hydrogen) atoms.